The topological polar surface area (TPSA) is 55.0 Å². The van der Waals surface area contributed by atoms with E-state index in [1.165, 1.54) is 11.1 Å². The molecule has 3 rings (SSSR count). The van der Waals surface area contributed by atoms with Crippen LogP contribution in [-0.2, 0) is 19.6 Å². The Hall–Kier alpha value is -1.94. The van der Waals surface area contributed by atoms with E-state index >= 15 is 0 Å². The van der Waals surface area contributed by atoms with Crippen molar-refractivity contribution in [2.75, 3.05) is 5.73 Å². The van der Waals surface area contributed by atoms with Gasteiger partial charge in [-0.1, -0.05) is 24.3 Å². The first-order valence-electron chi connectivity index (χ1n) is 6.10. The molecule has 1 aliphatic rings. The average Bonchev–Trinajstić information content (AvgIpc) is 2.69. The molecule has 2 heterocycles. The van der Waals surface area contributed by atoms with E-state index in [2.05, 4.69) is 39.1 Å². The number of aryl methyl sites for hydroxylation is 1. The van der Waals surface area contributed by atoms with Gasteiger partial charge >= 0.3 is 0 Å². The molecule has 0 aliphatic carbocycles. The van der Waals surface area contributed by atoms with Gasteiger partial charge in [0, 0.05) is 24.8 Å². The van der Waals surface area contributed by atoms with Gasteiger partial charge in [-0.2, -0.15) is 0 Å². The number of anilines is 1. The summed E-state index contributed by atoms with van der Waals surface area (Å²) in [5.41, 5.74) is 9.48. The molecule has 4 heteroatoms. The molecule has 0 unspecified atom stereocenters. The van der Waals surface area contributed by atoms with Gasteiger partial charge < -0.3 is 5.73 Å². The number of hydrogen-bond donors (Lipinski definition) is 1. The number of hydrogen-bond acceptors (Lipinski definition) is 4. The Morgan fingerprint density at radius 3 is 2.44 bits per heavy atom. The molecule has 1 aromatic heterocycles. The molecule has 1 aliphatic heterocycles. The maximum Gasteiger partial charge on any atom is 0.144 e. The fourth-order valence-corrected chi connectivity index (χ4v) is 2.44. The zero-order chi connectivity index (χ0) is 12.5. The van der Waals surface area contributed by atoms with Crippen LogP contribution >= 0.6 is 0 Å². The minimum Gasteiger partial charge on any atom is -0.384 e. The zero-order valence-corrected chi connectivity index (χ0v) is 10.4. The fraction of sp³-hybridized carbons (Fsp3) is 0.286. The van der Waals surface area contributed by atoms with Crippen LogP contribution in [0.25, 0.3) is 0 Å². The SMILES string of the molecule is Cc1cc(N)nc(CN2Cc3ccccc3C2)n1. The minimum atomic E-state index is 0.550. The highest BCUT2D eigenvalue weighted by molar-refractivity contribution is 5.31. The van der Waals surface area contributed by atoms with E-state index in [9.17, 15) is 0 Å². The minimum absolute atomic E-state index is 0.550. The summed E-state index contributed by atoms with van der Waals surface area (Å²) in [7, 11) is 0. The summed E-state index contributed by atoms with van der Waals surface area (Å²) in [5, 5.41) is 0. The van der Waals surface area contributed by atoms with Crippen LogP contribution in [0.4, 0.5) is 5.82 Å². The smallest absolute Gasteiger partial charge is 0.144 e. The average molecular weight is 240 g/mol. The Morgan fingerprint density at radius 2 is 1.83 bits per heavy atom. The summed E-state index contributed by atoms with van der Waals surface area (Å²) in [6.07, 6.45) is 0. The zero-order valence-electron chi connectivity index (χ0n) is 10.4. The Balaban J connectivity index is 1.76. The monoisotopic (exact) mass is 240 g/mol. The van der Waals surface area contributed by atoms with Crippen molar-refractivity contribution in [3.05, 3.63) is 53.0 Å². The molecule has 92 valence electrons. The second-order valence-corrected chi connectivity index (χ2v) is 4.76. The molecule has 2 N–H and O–H groups in total. The van der Waals surface area contributed by atoms with Crippen molar-refractivity contribution < 1.29 is 0 Å². The Bertz CT molecular complexity index is 535. The van der Waals surface area contributed by atoms with Gasteiger partial charge in [0.15, 0.2) is 0 Å². The lowest BCUT2D eigenvalue weighted by Gasteiger charge is -2.13. The normalized spacial score (nSPS) is 14.7. The summed E-state index contributed by atoms with van der Waals surface area (Å²) >= 11 is 0. The van der Waals surface area contributed by atoms with Crippen LogP contribution in [0.1, 0.15) is 22.6 Å². The highest BCUT2D eigenvalue weighted by Gasteiger charge is 2.19. The number of nitrogens with two attached hydrogens (primary N) is 1. The van der Waals surface area contributed by atoms with Gasteiger partial charge in [-0.25, -0.2) is 9.97 Å². The summed E-state index contributed by atoms with van der Waals surface area (Å²) in [6, 6.07) is 10.3. The molecule has 0 spiro atoms. The van der Waals surface area contributed by atoms with Crippen molar-refractivity contribution in [1.82, 2.24) is 14.9 Å². The van der Waals surface area contributed by atoms with Crippen LogP contribution in [0.3, 0.4) is 0 Å². The van der Waals surface area contributed by atoms with E-state index in [0.29, 0.717) is 5.82 Å². The van der Waals surface area contributed by atoms with Crippen LogP contribution < -0.4 is 5.73 Å². The van der Waals surface area contributed by atoms with E-state index in [0.717, 1.165) is 31.2 Å². The number of benzene rings is 1. The maximum absolute atomic E-state index is 5.75. The Kier molecular flexibility index (Phi) is 2.72. The van der Waals surface area contributed by atoms with E-state index in [-0.39, 0.29) is 0 Å². The first kappa shape index (κ1) is 11.2. The third kappa shape index (κ3) is 2.19. The summed E-state index contributed by atoms with van der Waals surface area (Å²) in [5.74, 6) is 1.36. The van der Waals surface area contributed by atoms with Crippen LogP contribution in [0, 0.1) is 6.92 Å². The number of aromatic nitrogens is 2. The van der Waals surface area contributed by atoms with Gasteiger partial charge in [-0.15, -0.1) is 0 Å². The lowest BCUT2D eigenvalue weighted by Crippen LogP contribution is -2.18. The molecule has 1 aromatic carbocycles. The molecule has 0 saturated carbocycles. The second-order valence-electron chi connectivity index (χ2n) is 4.76. The third-order valence-corrected chi connectivity index (χ3v) is 3.19. The molecule has 2 aromatic rings. The van der Waals surface area contributed by atoms with Gasteiger partial charge in [0.2, 0.25) is 0 Å². The first-order valence-corrected chi connectivity index (χ1v) is 6.10. The van der Waals surface area contributed by atoms with Crippen molar-refractivity contribution >= 4 is 5.82 Å². The summed E-state index contributed by atoms with van der Waals surface area (Å²) in [6.45, 7) is 4.63. The number of nitrogens with zero attached hydrogens (tertiary/aromatic N) is 3. The lowest BCUT2D eigenvalue weighted by atomic mass is 10.1. The maximum atomic E-state index is 5.75. The second kappa shape index (κ2) is 4.38. The predicted molar refractivity (Wildman–Crippen MR) is 70.6 cm³/mol. The fourth-order valence-electron chi connectivity index (χ4n) is 2.44. The van der Waals surface area contributed by atoms with E-state index < -0.39 is 0 Å². The summed E-state index contributed by atoms with van der Waals surface area (Å²) < 4.78 is 0. The molecule has 0 saturated heterocycles. The molecule has 4 nitrogen and oxygen atoms in total. The van der Waals surface area contributed by atoms with Crippen molar-refractivity contribution in [3.8, 4) is 0 Å². The molecule has 18 heavy (non-hydrogen) atoms. The lowest BCUT2D eigenvalue weighted by molar-refractivity contribution is 0.268. The van der Waals surface area contributed by atoms with Gasteiger partial charge in [0.25, 0.3) is 0 Å². The van der Waals surface area contributed by atoms with Crippen LogP contribution in [0.2, 0.25) is 0 Å². The van der Waals surface area contributed by atoms with E-state index in [4.69, 9.17) is 5.73 Å². The van der Waals surface area contributed by atoms with Crippen LogP contribution in [0.5, 0.6) is 0 Å². The Morgan fingerprint density at radius 1 is 1.17 bits per heavy atom. The number of nitrogen functional groups attached to an aromatic ring is 1. The number of rotatable bonds is 2. The number of fused-ring (bicyclic) bond motifs is 1. The molecule has 0 bridgehead atoms. The van der Waals surface area contributed by atoms with Crippen molar-refractivity contribution in [3.63, 3.8) is 0 Å². The molecular weight excluding hydrogens is 224 g/mol. The summed E-state index contributed by atoms with van der Waals surface area (Å²) in [4.78, 5) is 11.0. The first-order chi connectivity index (χ1) is 8.70. The molecule has 0 fully saturated rings. The molecule has 0 radical (unpaired) electrons. The highest BCUT2D eigenvalue weighted by Crippen LogP contribution is 2.23. The van der Waals surface area contributed by atoms with E-state index in [1.807, 2.05) is 6.92 Å². The largest absolute Gasteiger partial charge is 0.384 e. The van der Waals surface area contributed by atoms with Crippen LogP contribution in [-0.4, -0.2) is 14.9 Å². The van der Waals surface area contributed by atoms with Gasteiger partial charge in [0.05, 0.1) is 6.54 Å². The van der Waals surface area contributed by atoms with E-state index in [1.54, 1.807) is 6.07 Å². The van der Waals surface area contributed by atoms with Crippen molar-refractivity contribution in [2.45, 2.75) is 26.6 Å². The van der Waals surface area contributed by atoms with Crippen LogP contribution in [0.15, 0.2) is 30.3 Å². The molecular formula is C14H16N4. The molecule has 0 atom stereocenters. The van der Waals surface area contributed by atoms with Crippen molar-refractivity contribution in [1.29, 1.82) is 0 Å². The molecule has 0 amide bonds. The quantitative estimate of drug-likeness (QED) is 0.870. The van der Waals surface area contributed by atoms with Crippen molar-refractivity contribution in [2.24, 2.45) is 0 Å². The third-order valence-electron chi connectivity index (χ3n) is 3.19. The predicted octanol–water partition coefficient (Wildman–Crippen LogP) is 1.88. The highest BCUT2D eigenvalue weighted by atomic mass is 15.2. The standard InChI is InChI=1S/C14H16N4/c1-10-6-13(15)17-14(16-10)9-18-7-11-4-2-3-5-12(11)8-18/h2-6H,7-9H2,1H3,(H2,15,16,17). The van der Waals surface area contributed by atoms with Gasteiger partial charge in [-0.05, 0) is 18.1 Å². The Labute approximate surface area is 106 Å². The van der Waals surface area contributed by atoms with Gasteiger partial charge in [0.1, 0.15) is 11.6 Å². The van der Waals surface area contributed by atoms with Gasteiger partial charge in [-0.3, -0.25) is 4.90 Å².